The van der Waals surface area contributed by atoms with E-state index in [1.807, 2.05) is 12.1 Å². The molecule has 1 aliphatic heterocycles. The summed E-state index contributed by atoms with van der Waals surface area (Å²) in [5.41, 5.74) is 2.31. The molecule has 1 aromatic rings. The fourth-order valence-electron chi connectivity index (χ4n) is 2.48. The molecule has 1 fully saturated rings. The third-order valence-electron chi connectivity index (χ3n) is 3.62. The molecular formula is C15H22O2. The second-order valence-corrected chi connectivity index (χ2v) is 5.04. The maximum Gasteiger partial charge on any atom is 0.105 e. The normalized spacial score (nSPS) is 26.1. The maximum atomic E-state index is 10.3. The second-order valence-electron chi connectivity index (χ2n) is 5.04. The molecule has 2 rings (SSSR count). The van der Waals surface area contributed by atoms with E-state index in [0.717, 1.165) is 31.4 Å². The first-order chi connectivity index (χ1) is 8.22. The van der Waals surface area contributed by atoms with Gasteiger partial charge in [-0.3, -0.25) is 0 Å². The van der Waals surface area contributed by atoms with Gasteiger partial charge in [-0.2, -0.15) is 0 Å². The van der Waals surface area contributed by atoms with E-state index in [1.165, 1.54) is 5.56 Å². The number of rotatable bonds is 4. The van der Waals surface area contributed by atoms with Gasteiger partial charge in [0, 0.05) is 6.61 Å². The molecule has 1 aliphatic rings. The van der Waals surface area contributed by atoms with Crippen LogP contribution in [0.5, 0.6) is 0 Å². The van der Waals surface area contributed by atoms with E-state index in [1.54, 1.807) is 0 Å². The lowest BCUT2D eigenvalue weighted by molar-refractivity contribution is -0.0178. The number of benzene rings is 1. The van der Waals surface area contributed by atoms with Crippen molar-refractivity contribution in [1.82, 2.24) is 0 Å². The summed E-state index contributed by atoms with van der Waals surface area (Å²) < 4.78 is 5.61. The highest BCUT2D eigenvalue weighted by atomic mass is 16.5. The molecule has 0 bridgehead atoms. The molecule has 0 amide bonds. The van der Waals surface area contributed by atoms with Gasteiger partial charge >= 0.3 is 0 Å². The van der Waals surface area contributed by atoms with Crippen LogP contribution in [0, 0.1) is 5.92 Å². The number of aliphatic hydroxyl groups is 1. The Balaban J connectivity index is 2.05. The van der Waals surface area contributed by atoms with Crippen molar-refractivity contribution in [3.8, 4) is 0 Å². The highest BCUT2D eigenvalue weighted by Gasteiger charge is 2.31. The molecule has 3 atom stereocenters. The molecule has 0 spiro atoms. The molecule has 0 radical (unpaired) electrons. The van der Waals surface area contributed by atoms with Gasteiger partial charge < -0.3 is 9.84 Å². The summed E-state index contributed by atoms with van der Waals surface area (Å²) in [5.74, 6) is 0.445. The standard InChI is InChI=1S/C15H22O2/c1-3-4-12-5-7-13(8-6-12)14(16)15-11(2)9-10-17-15/h5-8,11,14-16H,3-4,9-10H2,1-2H3. The lowest BCUT2D eigenvalue weighted by Gasteiger charge is -2.21. The Bertz CT molecular complexity index is 344. The molecule has 1 aromatic carbocycles. The van der Waals surface area contributed by atoms with Gasteiger partial charge in [-0.25, -0.2) is 0 Å². The number of hydrogen-bond donors (Lipinski definition) is 1. The molecule has 0 saturated carbocycles. The molecule has 1 saturated heterocycles. The van der Waals surface area contributed by atoms with Crippen LogP contribution in [0.2, 0.25) is 0 Å². The first-order valence-electron chi connectivity index (χ1n) is 6.61. The Morgan fingerprint density at radius 3 is 2.59 bits per heavy atom. The van der Waals surface area contributed by atoms with Crippen LogP contribution in [0.3, 0.4) is 0 Å². The zero-order valence-electron chi connectivity index (χ0n) is 10.7. The predicted molar refractivity (Wildman–Crippen MR) is 68.9 cm³/mol. The summed E-state index contributed by atoms with van der Waals surface area (Å²) in [6, 6.07) is 8.29. The largest absolute Gasteiger partial charge is 0.386 e. The van der Waals surface area contributed by atoms with Crippen LogP contribution in [0.25, 0.3) is 0 Å². The Labute approximate surface area is 104 Å². The minimum absolute atomic E-state index is 0.0352. The number of aliphatic hydroxyl groups excluding tert-OH is 1. The zero-order valence-corrected chi connectivity index (χ0v) is 10.7. The van der Waals surface area contributed by atoms with Gasteiger partial charge in [-0.15, -0.1) is 0 Å². The van der Waals surface area contributed by atoms with Crippen molar-refractivity contribution in [2.75, 3.05) is 6.61 Å². The average molecular weight is 234 g/mol. The minimum Gasteiger partial charge on any atom is -0.386 e. The van der Waals surface area contributed by atoms with Crippen LogP contribution in [0.4, 0.5) is 0 Å². The quantitative estimate of drug-likeness (QED) is 0.867. The Morgan fingerprint density at radius 1 is 1.35 bits per heavy atom. The summed E-state index contributed by atoms with van der Waals surface area (Å²) >= 11 is 0. The van der Waals surface area contributed by atoms with Crippen molar-refractivity contribution in [3.05, 3.63) is 35.4 Å². The average Bonchev–Trinajstić information content (AvgIpc) is 2.76. The van der Waals surface area contributed by atoms with Gasteiger partial charge in [-0.05, 0) is 29.9 Å². The van der Waals surface area contributed by atoms with Gasteiger partial charge in [-0.1, -0.05) is 44.5 Å². The van der Waals surface area contributed by atoms with Gasteiger partial charge in [0.15, 0.2) is 0 Å². The lowest BCUT2D eigenvalue weighted by atomic mass is 9.94. The van der Waals surface area contributed by atoms with Crippen LogP contribution in [-0.2, 0) is 11.2 Å². The third kappa shape index (κ3) is 2.88. The summed E-state index contributed by atoms with van der Waals surface area (Å²) in [7, 11) is 0. The van der Waals surface area contributed by atoms with Crippen molar-refractivity contribution in [2.45, 2.75) is 45.3 Å². The Hall–Kier alpha value is -0.860. The topological polar surface area (TPSA) is 29.5 Å². The maximum absolute atomic E-state index is 10.3. The fraction of sp³-hybridized carbons (Fsp3) is 0.600. The van der Waals surface area contributed by atoms with Crippen molar-refractivity contribution in [3.63, 3.8) is 0 Å². The van der Waals surface area contributed by atoms with E-state index < -0.39 is 6.10 Å². The minimum atomic E-state index is -0.483. The summed E-state index contributed by atoms with van der Waals surface area (Å²) in [6.45, 7) is 5.10. The molecule has 94 valence electrons. The number of ether oxygens (including phenoxy) is 1. The van der Waals surface area contributed by atoms with Crippen LogP contribution >= 0.6 is 0 Å². The van der Waals surface area contributed by atoms with Crippen molar-refractivity contribution < 1.29 is 9.84 Å². The summed E-state index contributed by atoms with van der Waals surface area (Å²) in [6.07, 6.45) is 2.79. The van der Waals surface area contributed by atoms with Crippen molar-refractivity contribution in [1.29, 1.82) is 0 Å². The van der Waals surface area contributed by atoms with Gasteiger partial charge in [0.2, 0.25) is 0 Å². The molecule has 3 unspecified atom stereocenters. The smallest absolute Gasteiger partial charge is 0.105 e. The molecule has 0 aliphatic carbocycles. The van der Waals surface area contributed by atoms with Gasteiger partial charge in [0.1, 0.15) is 6.10 Å². The molecule has 1 heterocycles. The molecule has 17 heavy (non-hydrogen) atoms. The van der Waals surface area contributed by atoms with Crippen molar-refractivity contribution in [2.24, 2.45) is 5.92 Å². The molecular weight excluding hydrogens is 212 g/mol. The fourth-order valence-corrected chi connectivity index (χ4v) is 2.48. The highest BCUT2D eigenvalue weighted by Crippen LogP contribution is 2.31. The first kappa shape index (κ1) is 12.6. The zero-order chi connectivity index (χ0) is 12.3. The van der Waals surface area contributed by atoms with Crippen molar-refractivity contribution >= 4 is 0 Å². The van der Waals surface area contributed by atoms with E-state index in [2.05, 4.69) is 26.0 Å². The first-order valence-corrected chi connectivity index (χ1v) is 6.61. The van der Waals surface area contributed by atoms with Crippen LogP contribution in [0.1, 0.15) is 43.9 Å². The summed E-state index contributed by atoms with van der Waals surface area (Å²) in [4.78, 5) is 0. The second kappa shape index (κ2) is 5.65. The van der Waals surface area contributed by atoms with E-state index >= 15 is 0 Å². The Kier molecular flexibility index (Phi) is 4.19. The number of hydrogen-bond acceptors (Lipinski definition) is 2. The Morgan fingerprint density at radius 2 is 2.06 bits per heavy atom. The monoisotopic (exact) mass is 234 g/mol. The van der Waals surface area contributed by atoms with Crippen LogP contribution in [0.15, 0.2) is 24.3 Å². The van der Waals surface area contributed by atoms with Gasteiger partial charge in [0.25, 0.3) is 0 Å². The molecule has 2 heteroatoms. The van der Waals surface area contributed by atoms with Gasteiger partial charge in [0.05, 0.1) is 6.10 Å². The molecule has 1 N–H and O–H groups in total. The van der Waals surface area contributed by atoms with Crippen LogP contribution < -0.4 is 0 Å². The van der Waals surface area contributed by atoms with E-state index in [0.29, 0.717) is 5.92 Å². The van der Waals surface area contributed by atoms with Crippen LogP contribution in [-0.4, -0.2) is 17.8 Å². The van der Waals surface area contributed by atoms with E-state index in [4.69, 9.17) is 4.74 Å². The lowest BCUT2D eigenvalue weighted by Crippen LogP contribution is -2.22. The molecule has 2 nitrogen and oxygen atoms in total. The third-order valence-corrected chi connectivity index (χ3v) is 3.62. The number of aryl methyl sites for hydroxylation is 1. The predicted octanol–water partition coefficient (Wildman–Crippen LogP) is 3.10. The highest BCUT2D eigenvalue weighted by molar-refractivity contribution is 5.25. The molecule has 0 aromatic heterocycles. The van der Waals surface area contributed by atoms with E-state index in [9.17, 15) is 5.11 Å². The summed E-state index contributed by atoms with van der Waals surface area (Å²) in [5, 5.41) is 10.3. The SMILES string of the molecule is CCCc1ccc(C(O)C2OCCC2C)cc1. The van der Waals surface area contributed by atoms with E-state index in [-0.39, 0.29) is 6.10 Å².